The Hall–Kier alpha value is -2.31. The monoisotopic (exact) mass is 380 g/mol. The standard InChI is InChI=1S/C17H18Cl2N4O2/c18-9-11-22(12-10-19)16-5-1-14(2-6-16)13-20-21-15-3-7-17(8-4-15)23(24)25/h1-8,13,21H,9-12H2/b20-13+. The maximum atomic E-state index is 10.6. The molecule has 0 saturated carbocycles. The van der Waals surface area contributed by atoms with Crippen LogP contribution in [0.3, 0.4) is 0 Å². The fourth-order valence-electron chi connectivity index (χ4n) is 2.18. The molecule has 0 bridgehead atoms. The van der Waals surface area contributed by atoms with Crippen molar-refractivity contribution in [3.05, 3.63) is 64.2 Å². The van der Waals surface area contributed by atoms with E-state index in [9.17, 15) is 10.1 Å². The van der Waals surface area contributed by atoms with Crippen LogP contribution in [-0.4, -0.2) is 36.0 Å². The highest BCUT2D eigenvalue weighted by molar-refractivity contribution is 6.18. The van der Waals surface area contributed by atoms with E-state index >= 15 is 0 Å². The van der Waals surface area contributed by atoms with Gasteiger partial charge in [-0.2, -0.15) is 5.10 Å². The Morgan fingerprint density at radius 3 is 2.16 bits per heavy atom. The highest BCUT2D eigenvalue weighted by Gasteiger charge is 2.05. The summed E-state index contributed by atoms with van der Waals surface area (Å²) in [6.07, 6.45) is 1.68. The first-order valence-electron chi connectivity index (χ1n) is 7.64. The molecule has 0 radical (unpaired) electrons. The minimum atomic E-state index is -0.438. The third kappa shape index (κ3) is 5.92. The Morgan fingerprint density at radius 2 is 1.64 bits per heavy atom. The molecule has 2 aromatic rings. The zero-order valence-electron chi connectivity index (χ0n) is 13.4. The van der Waals surface area contributed by atoms with E-state index in [0.29, 0.717) is 17.4 Å². The van der Waals surface area contributed by atoms with Crippen molar-refractivity contribution in [1.82, 2.24) is 0 Å². The molecule has 0 atom stereocenters. The Balaban J connectivity index is 1.95. The molecular formula is C17H18Cl2N4O2. The van der Waals surface area contributed by atoms with Gasteiger partial charge in [-0.25, -0.2) is 0 Å². The highest BCUT2D eigenvalue weighted by atomic mass is 35.5. The van der Waals surface area contributed by atoms with Crippen molar-refractivity contribution >= 4 is 46.5 Å². The number of benzene rings is 2. The summed E-state index contributed by atoms with van der Waals surface area (Å²) in [4.78, 5) is 12.3. The third-order valence-corrected chi connectivity index (χ3v) is 3.79. The van der Waals surface area contributed by atoms with E-state index in [-0.39, 0.29) is 5.69 Å². The largest absolute Gasteiger partial charge is 0.369 e. The molecule has 1 N–H and O–H groups in total. The second-order valence-corrected chi connectivity index (χ2v) is 5.89. The van der Waals surface area contributed by atoms with Crippen molar-refractivity contribution in [1.29, 1.82) is 0 Å². The highest BCUT2D eigenvalue weighted by Crippen LogP contribution is 2.16. The third-order valence-electron chi connectivity index (χ3n) is 3.45. The van der Waals surface area contributed by atoms with Crippen LogP contribution in [0.5, 0.6) is 0 Å². The SMILES string of the molecule is O=[N+]([O-])c1ccc(N/N=C/c2ccc(N(CCCl)CCCl)cc2)cc1. The van der Waals surface area contributed by atoms with Crippen LogP contribution in [0.15, 0.2) is 53.6 Å². The van der Waals surface area contributed by atoms with E-state index in [1.807, 2.05) is 24.3 Å². The summed E-state index contributed by atoms with van der Waals surface area (Å²) in [5.41, 5.74) is 5.54. The molecule has 8 heteroatoms. The van der Waals surface area contributed by atoms with Gasteiger partial charge in [-0.3, -0.25) is 15.5 Å². The molecular weight excluding hydrogens is 363 g/mol. The zero-order valence-corrected chi connectivity index (χ0v) is 15.0. The molecule has 2 rings (SSSR count). The van der Waals surface area contributed by atoms with Gasteiger partial charge in [0.1, 0.15) is 0 Å². The van der Waals surface area contributed by atoms with E-state index < -0.39 is 4.92 Å². The van der Waals surface area contributed by atoms with Gasteiger partial charge in [-0.1, -0.05) is 12.1 Å². The van der Waals surface area contributed by atoms with Gasteiger partial charge in [0.05, 0.1) is 16.8 Å². The summed E-state index contributed by atoms with van der Waals surface area (Å²) in [6.45, 7) is 1.48. The van der Waals surface area contributed by atoms with Gasteiger partial charge in [0, 0.05) is 42.7 Å². The predicted molar refractivity (Wildman–Crippen MR) is 104 cm³/mol. The van der Waals surface area contributed by atoms with Crippen LogP contribution in [0.2, 0.25) is 0 Å². The van der Waals surface area contributed by atoms with Crippen molar-refractivity contribution < 1.29 is 4.92 Å². The molecule has 0 amide bonds. The minimum Gasteiger partial charge on any atom is -0.369 e. The van der Waals surface area contributed by atoms with Crippen LogP contribution >= 0.6 is 23.2 Å². The number of anilines is 2. The second-order valence-electron chi connectivity index (χ2n) is 5.13. The first kappa shape index (κ1) is 19.0. The van der Waals surface area contributed by atoms with E-state index in [0.717, 1.165) is 24.3 Å². The number of nitro groups is 1. The molecule has 0 aliphatic heterocycles. The average molecular weight is 381 g/mol. The van der Waals surface area contributed by atoms with Crippen LogP contribution < -0.4 is 10.3 Å². The van der Waals surface area contributed by atoms with Crippen molar-refractivity contribution in [2.45, 2.75) is 0 Å². The van der Waals surface area contributed by atoms with E-state index in [1.165, 1.54) is 12.1 Å². The van der Waals surface area contributed by atoms with Crippen LogP contribution in [0, 0.1) is 10.1 Å². The molecule has 0 unspecified atom stereocenters. The summed E-state index contributed by atoms with van der Waals surface area (Å²) in [7, 11) is 0. The quantitative estimate of drug-likeness (QED) is 0.304. The number of alkyl halides is 2. The lowest BCUT2D eigenvalue weighted by Gasteiger charge is -2.22. The molecule has 0 spiro atoms. The summed E-state index contributed by atoms with van der Waals surface area (Å²) in [6, 6.07) is 13.9. The smallest absolute Gasteiger partial charge is 0.269 e. The molecule has 0 aliphatic rings. The number of nitro benzene ring substituents is 1. The van der Waals surface area contributed by atoms with Gasteiger partial charge in [0.2, 0.25) is 0 Å². The van der Waals surface area contributed by atoms with Crippen LogP contribution in [0.25, 0.3) is 0 Å². The summed E-state index contributed by atoms with van der Waals surface area (Å²) in [5.74, 6) is 1.08. The second kappa shape index (κ2) is 9.86. The Morgan fingerprint density at radius 1 is 1.04 bits per heavy atom. The first-order chi connectivity index (χ1) is 12.1. The average Bonchev–Trinajstić information content (AvgIpc) is 2.62. The van der Waals surface area contributed by atoms with E-state index in [1.54, 1.807) is 18.3 Å². The van der Waals surface area contributed by atoms with Crippen LogP contribution in [0.1, 0.15) is 5.56 Å². The molecule has 0 aliphatic carbocycles. The van der Waals surface area contributed by atoms with Gasteiger partial charge >= 0.3 is 0 Å². The Bertz CT molecular complexity index is 700. The number of nitrogens with one attached hydrogen (secondary N) is 1. The maximum absolute atomic E-state index is 10.6. The molecule has 25 heavy (non-hydrogen) atoms. The summed E-state index contributed by atoms with van der Waals surface area (Å²) >= 11 is 11.6. The number of nitrogens with zero attached hydrogens (tertiary/aromatic N) is 3. The molecule has 0 fully saturated rings. The normalized spacial score (nSPS) is 10.8. The number of hydrogen-bond acceptors (Lipinski definition) is 5. The van der Waals surface area contributed by atoms with E-state index in [2.05, 4.69) is 15.4 Å². The van der Waals surface area contributed by atoms with Crippen LogP contribution in [0.4, 0.5) is 17.1 Å². The fourth-order valence-corrected chi connectivity index (χ4v) is 2.59. The van der Waals surface area contributed by atoms with Gasteiger partial charge in [0.25, 0.3) is 5.69 Å². The van der Waals surface area contributed by atoms with Gasteiger partial charge in [-0.05, 0) is 29.8 Å². The molecule has 0 saturated heterocycles. The predicted octanol–water partition coefficient (Wildman–Crippen LogP) is 4.32. The van der Waals surface area contributed by atoms with Crippen molar-refractivity contribution in [3.63, 3.8) is 0 Å². The van der Waals surface area contributed by atoms with Crippen molar-refractivity contribution in [2.24, 2.45) is 5.10 Å². The molecule has 0 aromatic heterocycles. The molecule has 6 nitrogen and oxygen atoms in total. The molecule has 132 valence electrons. The maximum Gasteiger partial charge on any atom is 0.269 e. The lowest BCUT2D eigenvalue weighted by atomic mass is 10.2. The Labute approximate surface area is 156 Å². The fraction of sp³-hybridized carbons (Fsp3) is 0.235. The zero-order chi connectivity index (χ0) is 18.1. The lowest BCUT2D eigenvalue weighted by Crippen LogP contribution is -2.27. The van der Waals surface area contributed by atoms with Gasteiger partial charge in [0.15, 0.2) is 0 Å². The first-order valence-corrected chi connectivity index (χ1v) is 8.71. The molecule has 0 heterocycles. The molecule has 2 aromatic carbocycles. The number of halogens is 2. The minimum absolute atomic E-state index is 0.0450. The Kier molecular flexibility index (Phi) is 7.50. The number of rotatable bonds is 9. The van der Waals surface area contributed by atoms with Gasteiger partial charge < -0.3 is 4.90 Å². The van der Waals surface area contributed by atoms with Crippen molar-refractivity contribution in [3.8, 4) is 0 Å². The van der Waals surface area contributed by atoms with E-state index in [4.69, 9.17) is 23.2 Å². The summed E-state index contributed by atoms with van der Waals surface area (Å²) in [5, 5.41) is 14.7. The lowest BCUT2D eigenvalue weighted by molar-refractivity contribution is -0.384. The number of hydrazone groups is 1. The number of hydrogen-bond donors (Lipinski definition) is 1. The van der Waals surface area contributed by atoms with Crippen molar-refractivity contribution in [2.75, 3.05) is 35.2 Å². The van der Waals surface area contributed by atoms with Gasteiger partial charge in [-0.15, -0.1) is 23.2 Å². The number of non-ortho nitro benzene ring substituents is 1. The topological polar surface area (TPSA) is 70.8 Å². The van der Waals surface area contributed by atoms with Crippen LogP contribution in [-0.2, 0) is 0 Å². The summed E-state index contributed by atoms with van der Waals surface area (Å²) < 4.78 is 0.